The highest BCUT2D eigenvalue weighted by atomic mass is 35.5. The van der Waals surface area contributed by atoms with Gasteiger partial charge in [-0.2, -0.15) is 4.31 Å². The minimum absolute atomic E-state index is 0.199. The minimum atomic E-state index is -3.58. The number of aromatic nitrogens is 2. The Balaban J connectivity index is 1.46. The fourth-order valence-corrected chi connectivity index (χ4v) is 5.50. The van der Waals surface area contributed by atoms with Gasteiger partial charge in [0.1, 0.15) is 0 Å². The summed E-state index contributed by atoms with van der Waals surface area (Å²) >= 11 is 11.3. The van der Waals surface area contributed by atoms with Crippen molar-refractivity contribution < 1.29 is 27.0 Å². The van der Waals surface area contributed by atoms with Crippen LogP contribution in [0.5, 0.6) is 17.2 Å². The van der Waals surface area contributed by atoms with Crippen LogP contribution in [0.1, 0.15) is 0 Å². The Hall–Kier alpha value is -2.64. The number of ether oxygens (including phenoxy) is 3. The van der Waals surface area contributed by atoms with Gasteiger partial charge in [-0.3, -0.25) is 4.90 Å². The number of hydrogen-bond acceptors (Lipinski definition) is 9. The zero-order chi connectivity index (χ0) is 25.2. The van der Waals surface area contributed by atoms with Crippen molar-refractivity contribution in [3.63, 3.8) is 0 Å². The van der Waals surface area contributed by atoms with Crippen LogP contribution >= 0.6 is 23.8 Å². The summed E-state index contributed by atoms with van der Waals surface area (Å²) in [6, 6.07) is 9.64. The maximum absolute atomic E-state index is 12.9. The summed E-state index contributed by atoms with van der Waals surface area (Å²) in [6.45, 7) is 2.08. The number of hydrogen-bond donors (Lipinski definition) is 0. The third-order valence-corrected chi connectivity index (χ3v) is 8.09. The van der Waals surface area contributed by atoms with E-state index in [0.717, 1.165) is 0 Å². The highest BCUT2D eigenvalue weighted by Gasteiger charge is 2.29. The average molecular weight is 541 g/mol. The first kappa shape index (κ1) is 25.5. The molecule has 0 spiro atoms. The molecule has 35 heavy (non-hydrogen) atoms. The first-order chi connectivity index (χ1) is 16.8. The standard InChI is InChI=1S/C22H25ClN4O6S2/c1-30-18-12-15(13-19(31-2)20(18)32-3)21-24-27(22(34)33-21)14-25-8-10-26(11-9-25)35(28,29)17-6-4-16(23)5-7-17/h4-7,12-13H,8-11,14H2,1-3H3. The van der Waals surface area contributed by atoms with Gasteiger partial charge < -0.3 is 18.6 Å². The second-order valence-electron chi connectivity index (χ2n) is 7.70. The largest absolute Gasteiger partial charge is 0.493 e. The van der Waals surface area contributed by atoms with Gasteiger partial charge in [0.15, 0.2) is 11.5 Å². The molecule has 2 aromatic carbocycles. The molecule has 0 atom stereocenters. The summed E-state index contributed by atoms with van der Waals surface area (Å²) in [5, 5.41) is 5.00. The van der Waals surface area contributed by atoms with E-state index in [0.29, 0.717) is 66.6 Å². The topological polar surface area (TPSA) is 99.3 Å². The maximum atomic E-state index is 12.9. The van der Waals surface area contributed by atoms with Crippen molar-refractivity contribution in [1.29, 1.82) is 0 Å². The summed E-state index contributed by atoms with van der Waals surface area (Å²) in [6.07, 6.45) is 0. The van der Waals surface area contributed by atoms with Crippen LogP contribution in [0, 0.1) is 4.84 Å². The van der Waals surface area contributed by atoms with E-state index in [1.165, 1.54) is 37.8 Å². The molecule has 0 amide bonds. The summed E-state index contributed by atoms with van der Waals surface area (Å²) in [5.74, 6) is 1.70. The molecule has 13 heteroatoms. The Morgan fingerprint density at radius 3 is 2.14 bits per heavy atom. The van der Waals surface area contributed by atoms with Crippen LogP contribution in [0.25, 0.3) is 11.5 Å². The predicted molar refractivity (Wildman–Crippen MR) is 132 cm³/mol. The van der Waals surface area contributed by atoms with Gasteiger partial charge in [0, 0.05) is 36.8 Å². The maximum Gasteiger partial charge on any atom is 0.288 e. The van der Waals surface area contributed by atoms with E-state index in [1.807, 2.05) is 0 Å². The van der Waals surface area contributed by atoms with E-state index in [2.05, 4.69) is 10.00 Å². The molecular formula is C22H25ClN4O6S2. The monoisotopic (exact) mass is 540 g/mol. The number of nitrogens with zero attached hydrogens (tertiary/aromatic N) is 4. The Bertz CT molecular complexity index is 1320. The summed E-state index contributed by atoms with van der Waals surface area (Å²) in [7, 11) is 1.01. The van der Waals surface area contributed by atoms with Gasteiger partial charge in [0.05, 0.1) is 32.9 Å². The first-order valence-corrected chi connectivity index (χ1v) is 12.9. The van der Waals surface area contributed by atoms with Crippen molar-refractivity contribution >= 4 is 33.8 Å². The van der Waals surface area contributed by atoms with Gasteiger partial charge in [-0.15, -0.1) is 5.10 Å². The number of benzene rings is 2. The van der Waals surface area contributed by atoms with Gasteiger partial charge in [-0.1, -0.05) is 11.6 Å². The summed E-state index contributed by atoms with van der Waals surface area (Å²) in [5.41, 5.74) is 0.614. The minimum Gasteiger partial charge on any atom is -0.493 e. The second-order valence-corrected chi connectivity index (χ2v) is 10.4. The number of halogens is 1. The SMILES string of the molecule is COc1cc(-c2nn(CN3CCN(S(=O)(=O)c4ccc(Cl)cc4)CC3)c(=S)o2)cc(OC)c1OC. The van der Waals surface area contributed by atoms with E-state index in [-0.39, 0.29) is 9.73 Å². The van der Waals surface area contributed by atoms with Gasteiger partial charge in [0.2, 0.25) is 21.7 Å². The third-order valence-electron chi connectivity index (χ3n) is 5.63. The average Bonchev–Trinajstić information content (AvgIpc) is 3.23. The summed E-state index contributed by atoms with van der Waals surface area (Å²) in [4.78, 5) is 2.49. The molecule has 0 unspecified atom stereocenters. The van der Waals surface area contributed by atoms with Crippen molar-refractivity contribution in [2.75, 3.05) is 47.5 Å². The molecule has 1 fully saturated rings. The smallest absolute Gasteiger partial charge is 0.288 e. The Morgan fingerprint density at radius 1 is 1.00 bits per heavy atom. The molecule has 0 saturated carbocycles. The molecule has 188 valence electrons. The van der Waals surface area contributed by atoms with Crippen LogP contribution in [-0.2, 0) is 16.7 Å². The Labute approximate surface area is 213 Å². The Morgan fingerprint density at radius 2 is 1.60 bits per heavy atom. The van der Waals surface area contributed by atoms with Crippen LogP contribution in [0.3, 0.4) is 0 Å². The zero-order valence-electron chi connectivity index (χ0n) is 19.4. The van der Waals surface area contributed by atoms with Crippen molar-refractivity contribution in [2.24, 2.45) is 0 Å². The molecule has 1 aliphatic heterocycles. The number of methoxy groups -OCH3 is 3. The fraction of sp³-hybridized carbons (Fsp3) is 0.364. The lowest BCUT2D eigenvalue weighted by Crippen LogP contribution is -2.48. The first-order valence-electron chi connectivity index (χ1n) is 10.6. The van der Waals surface area contributed by atoms with Gasteiger partial charge >= 0.3 is 0 Å². The molecule has 0 aliphatic carbocycles. The lowest BCUT2D eigenvalue weighted by atomic mass is 10.2. The molecule has 4 rings (SSSR count). The highest BCUT2D eigenvalue weighted by Crippen LogP contribution is 2.40. The van der Waals surface area contributed by atoms with Gasteiger partial charge in [-0.25, -0.2) is 13.1 Å². The van der Waals surface area contributed by atoms with Crippen LogP contribution in [0.4, 0.5) is 0 Å². The van der Waals surface area contributed by atoms with Crippen molar-refractivity contribution in [3.05, 3.63) is 46.3 Å². The van der Waals surface area contributed by atoms with E-state index in [1.54, 1.807) is 28.9 Å². The Kier molecular flexibility index (Phi) is 7.67. The molecule has 2 heterocycles. The summed E-state index contributed by atoms with van der Waals surface area (Å²) < 4.78 is 50.7. The van der Waals surface area contributed by atoms with Crippen LogP contribution in [-0.4, -0.2) is 74.9 Å². The fourth-order valence-electron chi connectivity index (χ4n) is 3.77. The third kappa shape index (κ3) is 5.31. The lowest BCUT2D eigenvalue weighted by molar-refractivity contribution is 0.143. The molecule has 0 bridgehead atoms. The molecule has 1 saturated heterocycles. The molecule has 0 N–H and O–H groups in total. The van der Waals surface area contributed by atoms with Crippen molar-refractivity contribution in [1.82, 2.24) is 19.0 Å². The zero-order valence-corrected chi connectivity index (χ0v) is 21.8. The molecule has 3 aromatic rings. The van der Waals surface area contributed by atoms with Crippen molar-refractivity contribution in [3.8, 4) is 28.7 Å². The van der Waals surface area contributed by atoms with Crippen LogP contribution in [0.15, 0.2) is 45.7 Å². The van der Waals surface area contributed by atoms with E-state index in [4.69, 9.17) is 42.4 Å². The molecule has 10 nitrogen and oxygen atoms in total. The highest BCUT2D eigenvalue weighted by molar-refractivity contribution is 7.89. The second kappa shape index (κ2) is 10.5. The molecular weight excluding hydrogens is 516 g/mol. The van der Waals surface area contributed by atoms with Crippen molar-refractivity contribution in [2.45, 2.75) is 11.6 Å². The molecule has 1 aliphatic rings. The molecule has 1 aromatic heterocycles. The molecule has 0 radical (unpaired) electrons. The van der Waals surface area contributed by atoms with Crippen LogP contribution < -0.4 is 14.2 Å². The van der Waals surface area contributed by atoms with E-state index >= 15 is 0 Å². The number of piperazine rings is 1. The predicted octanol–water partition coefficient (Wildman–Crippen LogP) is 3.52. The normalized spacial score (nSPS) is 15.2. The number of sulfonamides is 1. The van der Waals surface area contributed by atoms with E-state index < -0.39 is 10.0 Å². The lowest BCUT2D eigenvalue weighted by Gasteiger charge is -2.33. The quantitative estimate of drug-likeness (QED) is 0.397. The van der Waals surface area contributed by atoms with Gasteiger partial charge in [-0.05, 0) is 48.6 Å². The van der Waals surface area contributed by atoms with E-state index in [9.17, 15) is 8.42 Å². The van der Waals surface area contributed by atoms with Crippen LogP contribution in [0.2, 0.25) is 5.02 Å². The van der Waals surface area contributed by atoms with Gasteiger partial charge in [0.25, 0.3) is 4.84 Å². The number of rotatable bonds is 8.